The number of rotatable bonds is 21. The first-order valence-electron chi connectivity index (χ1n) is 13.2. The van der Waals surface area contributed by atoms with Crippen LogP contribution in [0.5, 0.6) is 5.75 Å². The Morgan fingerprint density at radius 2 is 1.09 bits per heavy atom. The number of ether oxygens (including phenoxy) is 1. The average molecular weight is 469 g/mol. The topological polar surface area (TPSA) is 63.6 Å². The van der Waals surface area contributed by atoms with Crippen molar-refractivity contribution in [3.63, 3.8) is 0 Å². The Kier molecular flexibility index (Phi) is 16.6. The second-order valence-electron chi connectivity index (χ2n) is 9.22. The molecule has 1 aromatic rings. The van der Waals surface area contributed by atoms with E-state index in [-0.39, 0.29) is 5.75 Å². The molecular formula is C27H48O4S. The molecule has 4 nitrogen and oxygen atoms in total. The molecule has 1 aromatic carbocycles. The number of hydrogen-bond acceptors (Lipinski definition) is 3. The van der Waals surface area contributed by atoms with E-state index in [1.807, 2.05) is 0 Å². The van der Waals surface area contributed by atoms with E-state index in [0.717, 1.165) is 18.6 Å². The Hall–Kier alpha value is -1.07. The SMILES string of the molecule is CCCCCCCCCc1cc(CCCCCCCCC)cc(OCCCS(=O)(=O)O)c1. The maximum absolute atomic E-state index is 10.9. The molecule has 0 amide bonds. The van der Waals surface area contributed by atoms with Crippen molar-refractivity contribution >= 4 is 10.1 Å². The molecule has 0 unspecified atom stereocenters. The highest BCUT2D eigenvalue weighted by atomic mass is 32.2. The number of hydrogen-bond donors (Lipinski definition) is 1. The summed E-state index contributed by atoms with van der Waals surface area (Å²) in [6, 6.07) is 6.55. The molecule has 32 heavy (non-hydrogen) atoms. The van der Waals surface area contributed by atoms with Crippen molar-refractivity contribution in [2.24, 2.45) is 0 Å². The van der Waals surface area contributed by atoms with Gasteiger partial charge in [-0.15, -0.1) is 0 Å². The van der Waals surface area contributed by atoms with E-state index in [1.165, 1.54) is 101 Å². The summed E-state index contributed by atoms with van der Waals surface area (Å²) in [7, 11) is -3.92. The van der Waals surface area contributed by atoms with Crippen LogP contribution in [0.2, 0.25) is 0 Å². The van der Waals surface area contributed by atoms with Gasteiger partial charge in [0.1, 0.15) is 5.75 Å². The fourth-order valence-corrected chi connectivity index (χ4v) is 4.59. The minimum atomic E-state index is -3.92. The van der Waals surface area contributed by atoms with Gasteiger partial charge in [0.05, 0.1) is 12.4 Å². The van der Waals surface area contributed by atoms with Crippen molar-refractivity contribution in [3.05, 3.63) is 29.3 Å². The Labute approximate surface area is 198 Å². The van der Waals surface area contributed by atoms with Gasteiger partial charge < -0.3 is 4.74 Å². The Bertz CT molecular complexity index is 649. The van der Waals surface area contributed by atoms with Crippen LogP contribution in [-0.4, -0.2) is 25.3 Å². The van der Waals surface area contributed by atoms with E-state index < -0.39 is 10.1 Å². The van der Waals surface area contributed by atoms with Crippen LogP contribution in [0.4, 0.5) is 0 Å². The van der Waals surface area contributed by atoms with Crippen LogP contribution in [0.15, 0.2) is 18.2 Å². The minimum absolute atomic E-state index is 0.254. The highest BCUT2D eigenvalue weighted by Crippen LogP contribution is 2.22. The molecule has 0 atom stereocenters. The summed E-state index contributed by atoms with van der Waals surface area (Å²) in [6.07, 6.45) is 20.7. The average Bonchev–Trinajstić information content (AvgIpc) is 2.75. The normalized spacial score (nSPS) is 11.7. The van der Waals surface area contributed by atoms with Crippen LogP contribution in [0.1, 0.15) is 121 Å². The lowest BCUT2D eigenvalue weighted by molar-refractivity contribution is 0.315. The zero-order valence-corrected chi connectivity index (χ0v) is 21.6. The summed E-state index contributed by atoms with van der Waals surface area (Å²) in [4.78, 5) is 0. The van der Waals surface area contributed by atoms with E-state index in [0.29, 0.717) is 13.0 Å². The highest BCUT2D eigenvalue weighted by Gasteiger charge is 2.06. The molecule has 0 aliphatic carbocycles. The van der Waals surface area contributed by atoms with Gasteiger partial charge in [0.2, 0.25) is 0 Å². The van der Waals surface area contributed by atoms with E-state index in [4.69, 9.17) is 9.29 Å². The summed E-state index contributed by atoms with van der Waals surface area (Å²) < 4.78 is 36.6. The molecule has 0 heterocycles. The molecule has 186 valence electrons. The lowest BCUT2D eigenvalue weighted by atomic mass is 9.99. The van der Waals surface area contributed by atoms with Gasteiger partial charge in [0, 0.05) is 0 Å². The van der Waals surface area contributed by atoms with Crippen LogP contribution < -0.4 is 4.74 Å². The predicted molar refractivity (Wildman–Crippen MR) is 136 cm³/mol. The van der Waals surface area contributed by atoms with E-state index >= 15 is 0 Å². The second kappa shape index (κ2) is 18.4. The third-order valence-corrected chi connectivity index (χ3v) is 6.78. The van der Waals surface area contributed by atoms with Crippen LogP contribution in [-0.2, 0) is 23.0 Å². The first-order valence-corrected chi connectivity index (χ1v) is 14.8. The maximum Gasteiger partial charge on any atom is 0.264 e. The molecule has 0 saturated carbocycles. The van der Waals surface area contributed by atoms with Crippen molar-refractivity contribution in [3.8, 4) is 5.75 Å². The van der Waals surface area contributed by atoms with Gasteiger partial charge in [-0.05, 0) is 55.4 Å². The van der Waals surface area contributed by atoms with Crippen LogP contribution >= 0.6 is 0 Å². The minimum Gasteiger partial charge on any atom is -0.494 e. The summed E-state index contributed by atoms with van der Waals surface area (Å²) >= 11 is 0. The van der Waals surface area contributed by atoms with Gasteiger partial charge in [0.25, 0.3) is 10.1 Å². The van der Waals surface area contributed by atoms with Crippen molar-refractivity contribution < 1.29 is 17.7 Å². The Balaban J connectivity index is 2.51. The molecular weight excluding hydrogens is 420 g/mol. The third kappa shape index (κ3) is 16.5. The molecule has 0 fully saturated rings. The predicted octanol–water partition coefficient (Wildman–Crippen LogP) is 7.93. The summed E-state index contributed by atoms with van der Waals surface area (Å²) in [5.74, 6) is 0.578. The second-order valence-corrected chi connectivity index (χ2v) is 10.8. The lowest BCUT2D eigenvalue weighted by Crippen LogP contribution is -2.08. The molecule has 0 radical (unpaired) electrons. The molecule has 0 aliphatic rings. The number of aryl methyl sites for hydroxylation is 2. The van der Waals surface area contributed by atoms with Crippen molar-refractivity contribution in [1.29, 1.82) is 0 Å². The van der Waals surface area contributed by atoms with Crippen LogP contribution in [0.25, 0.3) is 0 Å². The van der Waals surface area contributed by atoms with E-state index in [1.54, 1.807) is 0 Å². The number of benzene rings is 1. The Morgan fingerprint density at radius 3 is 1.53 bits per heavy atom. The monoisotopic (exact) mass is 468 g/mol. The van der Waals surface area contributed by atoms with Crippen molar-refractivity contribution in [2.75, 3.05) is 12.4 Å². The molecule has 1 rings (SSSR count). The third-order valence-electron chi connectivity index (χ3n) is 5.98. The zero-order chi connectivity index (χ0) is 23.5. The molecule has 1 N–H and O–H groups in total. The fourth-order valence-electron chi connectivity index (χ4n) is 4.10. The highest BCUT2D eigenvalue weighted by molar-refractivity contribution is 7.85. The van der Waals surface area contributed by atoms with Gasteiger partial charge in [0.15, 0.2) is 0 Å². The number of unbranched alkanes of at least 4 members (excludes halogenated alkanes) is 12. The zero-order valence-electron chi connectivity index (χ0n) is 20.7. The summed E-state index contributed by atoms with van der Waals surface area (Å²) in [5.41, 5.74) is 2.65. The maximum atomic E-state index is 10.9. The van der Waals surface area contributed by atoms with E-state index in [2.05, 4.69) is 32.0 Å². The molecule has 0 aromatic heterocycles. The molecule has 0 bridgehead atoms. The summed E-state index contributed by atoms with van der Waals surface area (Å²) in [6.45, 7) is 4.81. The van der Waals surface area contributed by atoms with Gasteiger partial charge in [-0.25, -0.2) is 0 Å². The van der Waals surface area contributed by atoms with Gasteiger partial charge in [-0.2, -0.15) is 8.42 Å². The van der Waals surface area contributed by atoms with Gasteiger partial charge >= 0.3 is 0 Å². The van der Waals surface area contributed by atoms with Crippen LogP contribution in [0.3, 0.4) is 0 Å². The fraction of sp³-hybridized carbons (Fsp3) is 0.778. The summed E-state index contributed by atoms with van der Waals surface area (Å²) in [5, 5.41) is 0. The van der Waals surface area contributed by atoms with Crippen LogP contribution in [0, 0.1) is 0 Å². The largest absolute Gasteiger partial charge is 0.494 e. The van der Waals surface area contributed by atoms with E-state index in [9.17, 15) is 8.42 Å². The first-order chi connectivity index (χ1) is 15.4. The lowest BCUT2D eigenvalue weighted by Gasteiger charge is -2.12. The molecule has 0 spiro atoms. The molecule has 5 heteroatoms. The smallest absolute Gasteiger partial charge is 0.264 e. The van der Waals surface area contributed by atoms with Crippen molar-refractivity contribution in [1.82, 2.24) is 0 Å². The van der Waals surface area contributed by atoms with Crippen molar-refractivity contribution in [2.45, 2.75) is 123 Å². The Morgan fingerprint density at radius 1 is 0.656 bits per heavy atom. The quantitative estimate of drug-likeness (QED) is 0.147. The first kappa shape index (κ1) is 29.0. The molecule has 0 saturated heterocycles. The van der Waals surface area contributed by atoms with Gasteiger partial charge in [-0.3, -0.25) is 4.55 Å². The standard InChI is InChI=1S/C27H48O4S/c1-3-5-7-9-11-13-15-18-25-22-26(19-16-14-12-10-8-6-4-2)24-27(23-25)31-20-17-21-32(28,29)30/h22-24H,3-21H2,1-2H3,(H,28,29,30). The molecule has 0 aliphatic heterocycles. The van der Waals surface area contributed by atoms with Gasteiger partial charge in [-0.1, -0.05) is 97.0 Å².